The third-order valence-corrected chi connectivity index (χ3v) is 6.67. The van der Waals surface area contributed by atoms with Crippen LogP contribution in [0.2, 0.25) is 5.02 Å². The number of aromatic nitrogens is 2. The maximum atomic E-state index is 12.0. The van der Waals surface area contributed by atoms with Crippen LogP contribution in [0.1, 0.15) is 51.0 Å². The quantitative estimate of drug-likeness (QED) is 0.553. The molecule has 2 aliphatic heterocycles. The Kier molecular flexibility index (Phi) is 9.82. The average Bonchev–Trinajstić information content (AvgIpc) is 3.18. The molecule has 10 nitrogen and oxygen atoms in total. The van der Waals surface area contributed by atoms with Crippen LogP contribution in [0.3, 0.4) is 0 Å². The summed E-state index contributed by atoms with van der Waals surface area (Å²) < 4.78 is 24.8. The fraction of sp³-hybridized carbons (Fsp3) is 0.500. The van der Waals surface area contributed by atoms with E-state index in [0.717, 1.165) is 18.4 Å². The second-order valence-electron chi connectivity index (χ2n) is 7.92. The van der Waals surface area contributed by atoms with E-state index in [4.69, 9.17) is 35.0 Å². The lowest BCUT2D eigenvalue weighted by atomic mass is 10.1. The number of halogens is 1. The van der Waals surface area contributed by atoms with Crippen LogP contribution in [-0.4, -0.2) is 39.9 Å². The van der Waals surface area contributed by atoms with E-state index in [0.29, 0.717) is 18.2 Å². The van der Waals surface area contributed by atoms with E-state index in [1.807, 2.05) is 31.2 Å². The lowest BCUT2D eigenvalue weighted by molar-refractivity contribution is -0.136. The van der Waals surface area contributed by atoms with E-state index in [-0.39, 0.29) is 24.5 Å². The van der Waals surface area contributed by atoms with Gasteiger partial charge in [0, 0.05) is 36.0 Å². The Morgan fingerprint density at radius 3 is 2.79 bits per heavy atom. The number of carbonyl (C=O) groups is 1. The number of ether oxygens (including phenoxy) is 1. The highest BCUT2D eigenvalue weighted by Gasteiger charge is 2.36. The van der Waals surface area contributed by atoms with Crippen LogP contribution < -0.4 is 11.2 Å². The first-order valence-electron chi connectivity index (χ1n) is 10.9. The minimum absolute atomic E-state index is 0.0902. The zero-order valence-electron chi connectivity index (χ0n) is 18.9. The molecule has 0 saturated carbocycles. The van der Waals surface area contributed by atoms with Gasteiger partial charge in [0.1, 0.15) is 6.23 Å². The van der Waals surface area contributed by atoms with Gasteiger partial charge in [-0.3, -0.25) is 19.1 Å². The minimum atomic E-state index is -1.49. The van der Waals surface area contributed by atoms with Crippen molar-refractivity contribution in [1.29, 1.82) is 0 Å². The Morgan fingerprint density at radius 1 is 1.35 bits per heavy atom. The van der Waals surface area contributed by atoms with Gasteiger partial charge in [-0.15, -0.1) is 0 Å². The smallest absolute Gasteiger partial charge is 0.333 e. The summed E-state index contributed by atoms with van der Waals surface area (Å²) in [4.78, 5) is 34.9. The van der Waals surface area contributed by atoms with E-state index < -0.39 is 32.0 Å². The maximum Gasteiger partial charge on any atom is 0.333 e. The molecule has 0 amide bonds. The fourth-order valence-corrected chi connectivity index (χ4v) is 4.93. The standard InChI is InChI=1S/C19H22ClN2O6P.C3H6O2/c1-12-9-15(27-18(12)22-7-5-17(23)21-19(22)24)11-26-29-25-8-6-16(28-29)13-3-2-4-14(20)10-13;1-2-3(4)5/h2-5,7,10,12,15-16,18H,6,8-9,11H2,1H3,(H,21,23,24);2H2,1H3,(H,4,5). The number of aliphatic carboxylic acids is 1. The molecule has 3 heterocycles. The lowest BCUT2D eigenvalue weighted by Crippen LogP contribution is -2.33. The highest BCUT2D eigenvalue weighted by Crippen LogP contribution is 2.50. The van der Waals surface area contributed by atoms with Gasteiger partial charge in [0.05, 0.1) is 25.4 Å². The average molecular weight is 515 g/mol. The van der Waals surface area contributed by atoms with Crippen LogP contribution in [0.25, 0.3) is 0 Å². The van der Waals surface area contributed by atoms with Gasteiger partial charge in [-0.25, -0.2) is 4.79 Å². The number of nitrogens with zero attached hydrogens (tertiary/aromatic N) is 1. The summed E-state index contributed by atoms with van der Waals surface area (Å²) in [5, 5.41) is 8.39. The van der Waals surface area contributed by atoms with Crippen molar-refractivity contribution in [2.75, 3.05) is 13.2 Å². The Morgan fingerprint density at radius 2 is 2.12 bits per heavy atom. The SMILES string of the molecule is CC1CC(COP2OCCC(c3cccc(Cl)c3)O2)OC1n1ccc(=O)[nH]c1=O.CCC(=O)O. The first kappa shape index (κ1) is 26.5. The molecule has 0 radical (unpaired) electrons. The number of H-pyrrole nitrogens is 1. The molecule has 4 rings (SSSR count). The molecule has 12 heteroatoms. The summed E-state index contributed by atoms with van der Waals surface area (Å²) in [6.45, 7) is 4.44. The number of carboxylic acid groups (broad SMARTS) is 1. The molecule has 2 aliphatic rings. The number of hydrogen-bond acceptors (Lipinski definition) is 7. The van der Waals surface area contributed by atoms with Crippen molar-refractivity contribution in [2.45, 2.75) is 51.5 Å². The summed E-state index contributed by atoms with van der Waals surface area (Å²) in [6.07, 6.45) is 2.36. The highest BCUT2D eigenvalue weighted by molar-refractivity contribution is 7.41. The van der Waals surface area contributed by atoms with E-state index in [1.54, 1.807) is 6.92 Å². The molecule has 1 aromatic carbocycles. The summed E-state index contributed by atoms with van der Waals surface area (Å²) >= 11 is 6.07. The largest absolute Gasteiger partial charge is 0.481 e. The van der Waals surface area contributed by atoms with Crippen molar-refractivity contribution in [2.24, 2.45) is 5.92 Å². The second kappa shape index (κ2) is 12.6. The van der Waals surface area contributed by atoms with Crippen LogP contribution in [0.5, 0.6) is 0 Å². The van der Waals surface area contributed by atoms with E-state index in [2.05, 4.69) is 4.98 Å². The van der Waals surface area contributed by atoms with Gasteiger partial charge >= 0.3 is 20.3 Å². The first-order valence-corrected chi connectivity index (χ1v) is 12.4. The van der Waals surface area contributed by atoms with Crippen LogP contribution in [0.15, 0.2) is 46.1 Å². The Labute approximate surface area is 202 Å². The third-order valence-electron chi connectivity index (χ3n) is 5.26. The number of hydrogen-bond donors (Lipinski definition) is 2. The van der Waals surface area contributed by atoms with Crippen molar-refractivity contribution in [3.05, 3.63) is 68.0 Å². The van der Waals surface area contributed by atoms with Gasteiger partial charge in [-0.2, -0.15) is 0 Å². The Bertz CT molecular complexity index is 1080. The van der Waals surface area contributed by atoms with Crippen LogP contribution in [0, 0.1) is 5.92 Å². The topological polar surface area (TPSA) is 129 Å². The van der Waals surface area contributed by atoms with Crippen molar-refractivity contribution in [3.63, 3.8) is 0 Å². The summed E-state index contributed by atoms with van der Waals surface area (Å²) in [7, 11) is -1.49. The predicted octanol–water partition coefficient (Wildman–Crippen LogP) is 4.02. The molecule has 0 spiro atoms. The molecule has 2 N–H and O–H groups in total. The lowest BCUT2D eigenvalue weighted by Gasteiger charge is -2.29. The van der Waals surface area contributed by atoms with Gasteiger partial charge in [-0.1, -0.05) is 37.6 Å². The van der Waals surface area contributed by atoms with Gasteiger partial charge in [-0.05, 0) is 24.1 Å². The normalized spacial score (nSPS) is 26.5. The molecule has 0 aliphatic carbocycles. The maximum absolute atomic E-state index is 12.0. The zero-order chi connectivity index (χ0) is 24.7. The van der Waals surface area contributed by atoms with Crippen LogP contribution in [-0.2, 0) is 23.1 Å². The van der Waals surface area contributed by atoms with Gasteiger partial charge in [0.15, 0.2) is 0 Å². The molecular weight excluding hydrogens is 487 g/mol. The first-order chi connectivity index (χ1) is 16.3. The van der Waals surface area contributed by atoms with Crippen LogP contribution >= 0.6 is 20.2 Å². The summed E-state index contributed by atoms with van der Waals surface area (Å²) in [5.74, 6) is -0.655. The fourth-order valence-electron chi connectivity index (χ4n) is 3.56. The third kappa shape index (κ3) is 7.46. The molecule has 0 bridgehead atoms. The molecule has 34 heavy (non-hydrogen) atoms. The van der Waals surface area contributed by atoms with Crippen molar-refractivity contribution < 1.29 is 28.2 Å². The number of rotatable bonds is 6. The molecule has 186 valence electrons. The molecule has 1 aromatic heterocycles. The molecule has 2 aromatic rings. The van der Waals surface area contributed by atoms with Gasteiger partial charge < -0.3 is 23.4 Å². The van der Waals surface area contributed by atoms with Crippen molar-refractivity contribution in [3.8, 4) is 0 Å². The van der Waals surface area contributed by atoms with E-state index >= 15 is 0 Å². The number of nitrogens with one attached hydrogen (secondary N) is 1. The monoisotopic (exact) mass is 514 g/mol. The second-order valence-corrected chi connectivity index (χ2v) is 9.53. The summed E-state index contributed by atoms with van der Waals surface area (Å²) in [5.41, 5.74) is 0.0872. The van der Waals surface area contributed by atoms with Crippen LogP contribution in [0.4, 0.5) is 0 Å². The molecule has 5 unspecified atom stereocenters. The van der Waals surface area contributed by atoms with E-state index in [9.17, 15) is 14.4 Å². The van der Waals surface area contributed by atoms with E-state index in [1.165, 1.54) is 16.8 Å². The molecular formula is C22H28ClN2O8P. The number of benzene rings is 1. The molecule has 5 atom stereocenters. The zero-order valence-corrected chi connectivity index (χ0v) is 20.5. The minimum Gasteiger partial charge on any atom is -0.481 e. The van der Waals surface area contributed by atoms with Gasteiger partial charge in [0.25, 0.3) is 5.56 Å². The predicted molar refractivity (Wildman–Crippen MR) is 126 cm³/mol. The highest BCUT2D eigenvalue weighted by atomic mass is 35.5. The number of carboxylic acids is 1. The number of aromatic amines is 1. The molecule has 2 saturated heterocycles. The molecule has 2 fully saturated rings. The van der Waals surface area contributed by atoms with Gasteiger partial charge in [0.2, 0.25) is 0 Å². The summed E-state index contributed by atoms with van der Waals surface area (Å²) in [6, 6.07) is 8.89. The van der Waals surface area contributed by atoms with Crippen molar-refractivity contribution >= 4 is 26.2 Å². The Hall–Kier alpha value is -2.07. The Balaban J connectivity index is 0.000000588. The van der Waals surface area contributed by atoms with Crippen molar-refractivity contribution in [1.82, 2.24) is 9.55 Å².